The van der Waals surface area contributed by atoms with E-state index in [1.807, 2.05) is 57.2 Å². The monoisotopic (exact) mass is 322 g/mol. The number of nitrogens with zero attached hydrogens (tertiary/aromatic N) is 1. The molecule has 1 aliphatic rings. The normalized spacial score (nSPS) is 17.2. The van der Waals surface area contributed by atoms with Gasteiger partial charge in [-0.15, -0.1) is 0 Å². The Hall–Kier alpha value is -2.62. The van der Waals surface area contributed by atoms with Crippen LogP contribution < -0.4 is 10.2 Å². The Bertz CT molecular complexity index is 798. The van der Waals surface area contributed by atoms with Gasteiger partial charge in [-0.3, -0.25) is 9.59 Å². The Kier molecular flexibility index (Phi) is 4.38. The molecular formula is C20H22N2O2. The van der Waals surface area contributed by atoms with Gasteiger partial charge in [0.05, 0.1) is 5.92 Å². The molecule has 1 aliphatic heterocycles. The van der Waals surface area contributed by atoms with E-state index in [4.69, 9.17) is 0 Å². The van der Waals surface area contributed by atoms with Gasteiger partial charge in [0.2, 0.25) is 11.8 Å². The van der Waals surface area contributed by atoms with Gasteiger partial charge in [-0.25, -0.2) is 0 Å². The average molecular weight is 322 g/mol. The molecule has 24 heavy (non-hydrogen) atoms. The van der Waals surface area contributed by atoms with Crippen molar-refractivity contribution in [3.8, 4) is 0 Å². The number of rotatable bonds is 3. The van der Waals surface area contributed by atoms with Crippen LogP contribution in [0.1, 0.15) is 23.1 Å². The highest BCUT2D eigenvalue weighted by atomic mass is 16.2. The molecule has 1 saturated heterocycles. The van der Waals surface area contributed by atoms with Gasteiger partial charge in [0.25, 0.3) is 0 Å². The summed E-state index contributed by atoms with van der Waals surface area (Å²) in [5.74, 6) is -0.411. The highest BCUT2D eigenvalue weighted by Crippen LogP contribution is 2.29. The summed E-state index contributed by atoms with van der Waals surface area (Å²) in [4.78, 5) is 26.6. The molecule has 1 N–H and O–H groups in total. The second kappa shape index (κ2) is 6.48. The SMILES string of the molecule is Cc1cccc(NC(=O)[C@H]2CC(=O)N(c3ccc(C)cc3C)C2)c1. The van der Waals surface area contributed by atoms with Crippen molar-refractivity contribution in [1.82, 2.24) is 0 Å². The fourth-order valence-electron chi connectivity index (χ4n) is 3.19. The van der Waals surface area contributed by atoms with Crippen molar-refractivity contribution in [1.29, 1.82) is 0 Å². The first-order chi connectivity index (χ1) is 11.4. The molecule has 0 aromatic heterocycles. The Balaban J connectivity index is 1.73. The summed E-state index contributed by atoms with van der Waals surface area (Å²) in [5.41, 5.74) is 4.99. The summed E-state index contributed by atoms with van der Waals surface area (Å²) in [5, 5.41) is 2.92. The van der Waals surface area contributed by atoms with Crippen molar-refractivity contribution < 1.29 is 9.59 Å². The molecule has 1 heterocycles. The Labute approximate surface area is 142 Å². The number of carbonyl (C=O) groups excluding carboxylic acids is 2. The fourth-order valence-corrected chi connectivity index (χ4v) is 3.19. The summed E-state index contributed by atoms with van der Waals surface area (Å²) in [6.07, 6.45) is 0.255. The maximum Gasteiger partial charge on any atom is 0.229 e. The first-order valence-corrected chi connectivity index (χ1v) is 8.19. The Morgan fingerprint density at radius 3 is 2.54 bits per heavy atom. The molecule has 4 nitrogen and oxygen atoms in total. The van der Waals surface area contributed by atoms with E-state index in [-0.39, 0.29) is 24.2 Å². The van der Waals surface area contributed by atoms with Crippen molar-refractivity contribution in [2.75, 3.05) is 16.8 Å². The van der Waals surface area contributed by atoms with Gasteiger partial charge >= 0.3 is 0 Å². The maximum absolute atomic E-state index is 12.5. The van der Waals surface area contributed by atoms with E-state index in [2.05, 4.69) is 11.4 Å². The van der Waals surface area contributed by atoms with Crippen molar-refractivity contribution in [2.24, 2.45) is 5.92 Å². The second-order valence-corrected chi connectivity index (χ2v) is 6.55. The molecule has 3 rings (SSSR count). The molecule has 2 amide bonds. The molecule has 0 saturated carbocycles. The van der Waals surface area contributed by atoms with Gasteiger partial charge in [-0.2, -0.15) is 0 Å². The summed E-state index contributed by atoms with van der Waals surface area (Å²) in [6, 6.07) is 13.7. The molecule has 0 aliphatic carbocycles. The summed E-state index contributed by atoms with van der Waals surface area (Å²) < 4.78 is 0. The van der Waals surface area contributed by atoms with E-state index >= 15 is 0 Å². The first-order valence-electron chi connectivity index (χ1n) is 8.19. The third-order valence-corrected chi connectivity index (χ3v) is 4.42. The van der Waals surface area contributed by atoms with Gasteiger partial charge in [-0.05, 0) is 50.1 Å². The van der Waals surface area contributed by atoms with Gasteiger partial charge in [0.1, 0.15) is 0 Å². The van der Waals surface area contributed by atoms with Crippen LogP contribution in [0.5, 0.6) is 0 Å². The van der Waals surface area contributed by atoms with Crippen LogP contribution >= 0.6 is 0 Å². The maximum atomic E-state index is 12.5. The number of hydrogen-bond donors (Lipinski definition) is 1. The van der Waals surface area contributed by atoms with Crippen molar-refractivity contribution >= 4 is 23.2 Å². The van der Waals surface area contributed by atoms with Crippen LogP contribution in [0.25, 0.3) is 0 Å². The third-order valence-electron chi connectivity index (χ3n) is 4.42. The predicted octanol–water partition coefficient (Wildman–Crippen LogP) is 3.60. The van der Waals surface area contributed by atoms with E-state index in [0.29, 0.717) is 6.54 Å². The minimum absolute atomic E-state index is 0.00588. The van der Waals surface area contributed by atoms with Crippen LogP contribution in [0.2, 0.25) is 0 Å². The van der Waals surface area contributed by atoms with Crippen molar-refractivity contribution in [3.63, 3.8) is 0 Å². The van der Waals surface area contributed by atoms with Crippen molar-refractivity contribution in [2.45, 2.75) is 27.2 Å². The predicted molar refractivity (Wildman–Crippen MR) is 96.2 cm³/mol. The van der Waals surface area contributed by atoms with E-state index in [9.17, 15) is 9.59 Å². The molecule has 1 fully saturated rings. The molecule has 2 aromatic carbocycles. The van der Waals surface area contributed by atoms with Crippen LogP contribution in [0.3, 0.4) is 0 Å². The number of nitrogens with one attached hydrogen (secondary N) is 1. The van der Waals surface area contributed by atoms with E-state index in [1.165, 1.54) is 0 Å². The third kappa shape index (κ3) is 3.32. The zero-order valence-electron chi connectivity index (χ0n) is 14.3. The molecule has 0 radical (unpaired) electrons. The van der Waals surface area contributed by atoms with Gasteiger partial charge in [0, 0.05) is 24.3 Å². The van der Waals surface area contributed by atoms with Crippen LogP contribution in [0.15, 0.2) is 42.5 Å². The number of benzene rings is 2. The van der Waals surface area contributed by atoms with Gasteiger partial charge in [-0.1, -0.05) is 29.8 Å². The minimum Gasteiger partial charge on any atom is -0.326 e. The van der Waals surface area contributed by atoms with Crippen molar-refractivity contribution in [3.05, 3.63) is 59.2 Å². The largest absolute Gasteiger partial charge is 0.326 e. The summed E-state index contributed by atoms with van der Waals surface area (Å²) >= 11 is 0. The van der Waals surface area contributed by atoms with Crippen LogP contribution in [0, 0.1) is 26.7 Å². The standard InChI is InChI=1S/C20H22N2O2/c1-13-5-4-6-17(10-13)21-20(24)16-11-19(23)22(12-16)18-8-7-14(2)9-15(18)3/h4-10,16H,11-12H2,1-3H3,(H,21,24)/t16-/m0/s1. The lowest BCUT2D eigenvalue weighted by molar-refractivity contribution is -0.122. The molecular weight excluding hydrogens is 300 g/mol. The lowest BCUT2D eigenvalue weighted by Gasteiger charge is -2.19. The molecule has 4 heteroatoms. The average Bonchev–Trinajstić information content (AvgIpc) is 2.89. The fraction of sp³-hybridized carbons (Fsp3) is 0.300. The molecule has 0 spiro atoms. The zero-order valence-corrected chi connectivity index (χ0v) is 14.3. The summed E-state index contributed by atoms with van der Waals surface area (Å²) in [6.45, 7) is 6.44. The molecule has 2 aromatic rings. The van der Waals surface area contributed by atoms with Gasteiger partial charge in [0.15, 0.2) is 0 Å². The Morgan fingerprint density at radius 2 is 1.83 bits per heavy atom. The van der Waals surface area contributed by atoms with Crippen LogP contribution in [-0.4, -0.2) is 18.4 Å². The molecule has 124 valence electrons. The van der Waals surface area contributed by atoms with Crippen LogP contribution in [0.4, 0.5) is 11.4 Å². The lowest BCUT2D eigenvalue weighted by atomic mass is 10.1. The molecule has 0 unspecified atom stereocenters. The topological polar surface area (TPSA) is 49.4 Å². The highest BCUT2D eigenvalue weighted by molar-refractivity contribution is 6.03. The minimum atomic E-state index is -0.321. The lowest BCUT2D eigenvalue weighted by Crippen LogP contribution is -2.28. The van der Waals surface area contributed by atoms with E-state index < -0.39 is 0 Å². The first kappa shape index (κ1) is 16.2. The number of amides is 2. The molecule has 0 bridgehead atoms. The van der Waals surface area contributed by atoms with E-state index in [1.54, 1.807) is 4.90 Å². The zero-order chi connectivity index (χ0) is 17.3. The van der Waals surface area contributed by atoms with Crippen LogP contribution in [-0.2, 0) is 9.59 Å². The smallest absolute Gasteiger partial charge is 0.229 e. The number of aryl methyl sites for hydroxylation is 3. The highest BCUT2D eigenvalue weighted by Gasteiger charge is 2.35. The van der Waals surface area contributed by atoms with Gasteiger partial charge < -0.3 is 10.2 Å². The number of anilines is 2. The quantitative estimate of drug-likeness (QED) is 0.938. The number of hydrogen-bond acceptors (Lipinski definition) is 2. The molecule has 1 atom stereocenters. The summed E-state index contributed by atoms with van der Waals surface area (Å²) in [7, 11) is 0. The number of carbonyl (C=O) groups is 2. The van der Waals surface area contributed by atoms with E-state index in [0.717, 1.165) is 28.1 Å². The Morgan fingerprint density at radius 1 is 1.08 bits per heavy atom. The second-order valence-electron chi connectivity index (χ2n) is 6.55.